The highest BCUT2D eigenvalue weighted by Gasteiger charge is 2.24. The number of nitrogens with one attached hydrogen (secondary N) is 1. The molecule has 0 saturated carbocycles. The van der Waals surface area contributed by atoms with Crippen LogP contribution >= 0.6 is 23.2 Å². The van der Waals surface area contributed by atoms with E-state index in [4.69, 9.17) is 23.2 Å². The van der Waals surface area contributed by atoms with Crippen molar-refractivity contribution in [1.82, 2.24) is 5.32 Å². The first-order chi connectivity index (χ1) is 8.56. The van der Waals surface area contributed by atoms with Gasteiger partial charge in [0.2, 0.25) is 0 Å². The van der Waals surface area contributed by atoms with E-state index in [1.807, 2.05) is 6.07 Å². The monoisotopic (exact) mass is 291 g/mol. The first-order valence-corrected chi connectivity index (χ1v) is 7.18. The van der Waals surface area contributed by atoms with Crippen molar-refractivity contribution in [2.45, 2.75) is 33.2 Å². The minimum atomic E-state index is -0.370. The zero-order valence-corrected chi connectivity index (χ0v) is 12.4. The molecule has 0 aliphatic carbocycles. The van der Waals surface area contributed by atoms with Gasteiger partial charge in [-0.05, 0) is 36.0 Å². The summed E-state index contributed by atoms with van der Waals surface area (Å²) in [6, 6.07) is 4.89. The van der Waals surface area contributed by atoms with E-state index < -0.39 is 0 Å². The van der Waals surface area contributed by atoms with Crippen LogP contribution < -0.4 is 5.32 Å². The van der Waals surface area contributed by atoms with E-state index >= 15 is 0 Å². The van der Waals surface area contributed by atoms with Gasteiger partial charge < -0.3 is 5.32 Å². The van der Waals surface area contributed by atoms with E-state index in [0.29, 0.717) is 12.4 Å². The highest BCUT2D eigenvalue weighted by molar-refractivity contribution is 6.30. The van der Waals surface area contributed by atoms with E-state index in [0.717, 1.165) is 24.9 Å². The van der Waals surface area contributed by atoms with Gasteiger partial charge in [-0.25, -0.2) is 4.39 Å². The number of hydrogen-bond acceptors (Lipinski definition) is 1. The Morgan fingerprint density at radius 1 is 1.28 bits per heavy atom. The molecule has 0 atom stereocenters. The minimum absolute atomic E-state index is 0.131. The van der Waals surface area contributed by atoms with Crippen molar-refractivity contribution < 1.29 is 4.39 Å². The maximum absolute atomic E-state index is 13.3. The van der Waals surface area contributed by atoms with Crippen molar-refractivity contribution in [3.8, 4) is 0 Å². The molecule has 102 valence electrons. The van der Waals surface area contributed by atoms with Crippen LogP contribution in [0.2, 0.25) is 5.02 Å². The molecule has 0 aliphatic rings. The Hall–Kier alpha value is -0.310. The molecule has 0 unspecified atom stereocenters. The molecular formula is C14H20Cl2FN. The molecule has 0 fully saturated rings. The second-order valence-corrected chi connectivity index (χ2v) is 5.37. The van der Waals surface area contributed by atoms with Gasteiger partial charge in [0.1, 0.15) is 5.82 Å². The SMILES string of the molecule is CCC(CC)(CCl)CNCc1ccc(Cl)c(F)c1. The molecule has 1 rings (SSSR count). The predicted octanol–water partition coefficient (Wildman–Crippen LogP) is 4.61. The third-order valence-corrected chi connectivity index (χ3v) is 4.47. The lowest BCUT2D eigenvalue weighted by Crippen LogP contribution is -2.34. The van der Waals surface area contributed by atoms with Gasteiger partial charge in [0.15, 0.2) is 0 Å². The van der Waals surface area contributed by atoms with E-state index in [2.05, 4.69) is 19.2 Å². The van der Waals surface area contributed by atoms with E-state index in [9.17, 15) is 4.39 Å². The van der Waals surface area contributed by atoms with Crippen molar-refractivity contribution >= 4 is 23.2 Å². The van der Waals surface area contributed by atoms with E-state index in [1.54, 1.807) is 6.07 Å². The van der Waals surface area contributed by atoms with Crippen LogP contribution in [0.4, 0.5) is 4.39 Å². The van der Waals surface area contributed by atoms with Crippen molar-refractivity contribution in [3.63, 3.8) is 0 Å². The van der Waals surface area contributed by atoms with Crippen molar-refractivity contribution in [2.75, 3.05) is 12.4 Å². The predicted molar refractivity (Wildman–Crippen MR) is 76.9 cm³/mol. The molecule has 0 spiro atoms. The molecule has 0 saturated heterocycles. The zero-order valence-electron chi connectivity index (χ0n) is 10.9. The fraction of sp³-hybridized carbons (Fsp3) is 0.571. The number of benzene rings is 1. The Morgan fingerprint density at radius 2 is 1.94 bits per heavy atom. The topological polar surface area (TPSA) is 12.0 Å². The van der Waals surface area contributed by atoms with Gasteiger partial charge in [0, 0.05) is 19.0 Å². The van der Waals surface area contributed by atoms with Gasteiger partial charge in [-0.2, -0.15) is 0 Å². The summed E-state index contributed by atoms with van der Waals surface area (Å²) >= 11 is 11.7. The average molecular weight is 292 g/mol. The van der Waals surface area contributed by atoms with Crippen LogP contribution in [0.1, 0.15) is 32.3 Å². The van der Waals surface area contributed by atoms with E-state index in [1.165, 1.54) is 6.07 Å². The van der Waals surface area contributed by atoms with Crippen molar-refractivity contribution in [3.05, 3.63) is 34.6 Å². The molecule has 1 nitrogen and oxygen atoms in total. The molecule has 0 aromatic heterocycles. The lowest BCUT2D eigenvalue weighted by molar-refractivity contribution is 0.286. The molecule has 0 bridgehead atoms. The van der Waals surface area contributed by atoms with E-state index in [-0.39, 0.29) is 16.3 Å². The second kappa shape index (κ2) is 7.32. The quantitative estimate of drug-likeness (QED) is 0.723. The Morgan fingerprint density at radius 3 is 2.44 bits per heavy atom. The zero-order chi connectivity index (χ0) is 13.6. The molecule has 0 radical (unpaired) electrons. The lowest BCUT2D eigenvalue weighted by Gasteiger charge is -2.29. The summed E-state index contributed by atoms with van der Waals surface area (Å²) in [6.45, 7) is 5.77. The number of alkyl halides is 1. The number of halogens is 3. The normalized spacial score (nSPS) is 11.8. The first kappa shape index (κ1) is 15.7. The molecule has 18 heavy (non-hydrogen) atoms. The summed E-state index contributed by atoms with van der Waals surface area (Å²) in [7, 11) is 0. The van der Waals surface area contributed by atoms with Crippen LogP contribution in [0.25, 0.3) is 0 Å². The Bertz CT molecular complexity index is 370. The molecule has 1 N–H and O–H groups in total. The van der Waals surface area contributed by atoms with Gasteiger partial charge in [-0.15, -0.1) is 11.6 Å². The van der Waals surface area contributed by atoms with Gasteiger partial charge in [0.25, 0.3) is 0 Å². The van der Waals surface area contributed by atoms with Crippen molar-refractivity contribution in [1.29, 1.82) is 0 Å². The largest absolute Gasteiger partial charge is 0.312 e. The number of rotatable bonds is 7. The maximum Gasteiger partial charge on any atom is 0.142 e. The fourth-order valence-corrected chi connectivity index (χ4v) is 2.45. The summed E-state index contributed by atoms with van der Waals surface area (Å²) in [4.78, 5) is 0. The van der Waals surface area contributed by atoms with Gasteiger partial charge >= 0.3 is 0 Å². The molecule has 1 aromatic carbocycles. The van der Waals surface area contributed by atoms with Crippen LogP contribution in [0.3, 0.4) is 0 Å². The van der Waals surface area contributed by atoms with Crippen LogP contribution in [-0.4, -0.2) is 12.4 Å². The first-order valence-electron chi connectivity index (χ1n) is 6.27. The number of hydrogen-bond donors (Lipinski definition) is 1. The molecule has 0 amide bonds. The average Bonchev–Trinajstić information content (AvgIpc) is 2.39. The van der Waals surface area contributed by atoms with Gasteiger partial charge in [-0.3, -0.25) is 0 Å². The van der Waals surface area contributed by atoms with Crippen LogP contribution in [-0.2, 0) is 6.54 Å². The van der Waals surface area contributed by atoms with Crippen LogP contribution in [0.5, 0.6) is 0 Å². The highest BCUT2D eigenvalue weighted by atomic mass is 35.5. The standard InChI is InChI=1S/C14H20Cl2FN/c1-3-14(4-2,9-15)10-18-8-11-5-6-12(16)13(17)7-11/h5-7,18H,3-4,8-10H2,1-2H3. The minimum Gasteiger partial charge on any atom is -0.312 e. The third kappa shape index (κ3) is 4.11. The smallest absolute Gasteiger partial charge is 0.142 e. The van der Waals surface area contributed by atoms with Gasteiger partial charge in [0.05, 0.1) is 5.02 Å². The molecule has 0 aliphatic heterocycles. The van der Waals surface area contributed by atoms with Crippen LogP contribution in [0, 0.1) is 11.2 Å². The summed E-state index contributed by atoms with van der Waals surface area (Å²) < 4.78 is 13.3. The fourth-order valence-electron chi connectivity index (χ4n) is 1.86. The van der Waals surface area contributed by atoms with Crippen LogP contribution in [0.15, 0.2) is 18.2 Å². The third-order valence-electron chi connectivity index (χ3n) is 3.60. The highest BCUT2D eigenvalue weighted by Crippen LogP contribution is 2.27. The molecule has 1 aromatic rings. The molecule has 0 heterocycles. The lowest BCUT2D eigenvalue weighted by atomic mass is 9.84. The Balaban J connectivity index is 2.52. The Kier molecular flexibility index (Phi) is 6.40. The molecular weight excluding hydrogens is 272 g/mol. The Labute approximate surface area is 119 Å². The van der Waals surface area contributed by atoms with Crippen molar-refractivity contribution in [2.24, 2.45) is 5.41 Å². The maximum atomic E-state index is 13.3. The molecule has 4 heteroatoms. The van der Waals surface area contributed by atoms with Gasteiger partial charge in [-0.1, -0.05) is 31.5 Å². The summed E-state index contributed by atoms with van der Waals surface area (Å²) in [5.41, 5.74) is 1.03. The summed E-state index contributed by atoms with van der Waals surface area (Å²) in [5.74, 6) is 0.271. The second-order valence-electron chi connectivity index (χ2n) is 4.69. The summed E-state index contributed by atoms with van der Waals surface area (Å²) in [5, 5.41) is 3.51. The summed E-state index contributed by atoms with van der Waals surface area (Å²) in [6.07, 6.45) is 2.07.